The lowest BCUT2D eigenvalue weighted by Gasteiger charge is -2.35. The van der Waals surface area contributed by atoms with Gasteiger partial charge in [0, 0.05) is 27.2 Å². The highest BCUT2D eigenvalue weighted by atomic mass is 16.7. The molecule has 1 fully saturated rings. The fraction of sp³-hybridized carbons (Fsp3) is 0.579. The van der Waals surface area contributed by atoms with Crippen LogP contribution < -0.4 is 10.5 Å². The van der Waals surface area contributed by atoms with Crippen LogP contribution in [0.1, 0.15) is 5.56 Å². The molecule has 2 rings (SSSR count). The Morgan fingerprint density at radius 2 is 1.77 bits per heavy atom. The summed E-state index contributed by atoms with van der Waals surface area (Å²) in [6, 6.07) is 4.67. The number of aliphatic hydroxyl groups excluding tert-OH is 3. The molecule has 0 bridgehead atoms. The molecule has 174 valence electrons. The average molecular weight is 443 g/mol. The van der Waals surface area contributed by atoms with Crippen molar-refractivity contribution in [3.63, 3.8) is 0 Å². The SMILES string of the molecule is COC(=O)N(C)CCN(C)C(=O)OCc1ccc(OC2OCC(O)C(O)C2O)c(N)c1. The van der Waals surface area contributed by atoms with Crippen LogP contribution in [-0.4, -0.2) is 103 Å². The maximum Gasteiger partial charge on any atom is 0.409 e. The molecule has 4 unspecified atom stereocenters. The number of rotatable bonds is 7. The topological polar surface area (TPSA) is 164 Å². The molecule has 4 atom stereocenters. The van der Waals surface area contributed by atoms with Gasteiger partial charge in [-0.1, -0.05) is 6.07 Å². The number of aliphatic hydroxyl groups is 3. The van der Waals surface area contributed by atoms with E-state index in [0.717, 1.165) is 0 Å². The van der Waals surface area contributed by atoms with Gasteiger partial charge in [-0.05, 0) is 17.7 Å². The Morgan fingerprint density at radius 3 is 2.39 bits per heavy atom. The summed E-state index contributed by atoms with van der Waals surface area (Å²) in [5.74, 6) is 0.200. The normalized spacial score (nSPS) is 23.0. The van der Waals surface area contributed by atoms with Crippen LogP contribution in [0.2, 0.25) is 0 Å². The molecule has 1 aromatic rings. The molecule has 5 N–H and O–H groups in total. The predicted molar refractivity (Wildman–Crippen MR) is 107 cm³/mol. The standard InChI is InChI=1S/C19H29N3O9/c1-21(18(26)28-3)6-7-22(2)19(27)30-9-11-4-5-14(12(20)8-11)31-17-16(25)15(24)13(23)10-29-17/h4-5,8,13,15-17,23-25H,6-7,9-10,20H2,1-3H3. The number of carbonyl (C=O) groups excluding carboxylic acids is 2. The molecule has 0 aliphatic carbocycles. The number of amides is 2. The second kappa shape index (κ2) is 11.0. The van der Waals surface area contributed by atoms with Crippen molar-refractivity contribution in [2.75, 3.05) is 46.6 Å². The number of benzene rings is 1. The van der Waals surface area contributed by atoms with E-state index in [1.807, 2.05) is 0 Å². The monoisotopic (exact) mass is 443 g/mol. The van der Waals surface area contributed by atoms with Gasteiger partial charge in [-0.2, -0.15) is 0 Å². The van der Waals surface area contributed by atoms with E-state index in [0.29, 0.717) is 5.56 Å². The lowest BCUT2D eigenvalue weighted by atomic mass is 10.1. The van der Waals surface area contributed by atoms with Gasteiger partial charge in [0.1, 0.15) is 30.7 Å². The fourth-order valence-corrected chi connectivity index (χ4v) is 2.70. The average Bonchev–Trinajstić information content (AvgIpc) is 2.76. The van der Waals surface area contributed by atoms with Crippen LogP contribution in [0.25, 0.3) is 0 Å². The van der Waals surface area contributed by atoms with Crippen LogP contribution in [0.4, 0.5) is 15.3 Å². The van der Waals surface area contributed by atoms with Gasteiger partial charge in [0.25, 0.3) is 0 Å². The molecule has 1 aliphatic heterocycles. The third-order valence-corrected chi connectivity index (χ3v) is 4.70. The smallest absolute Gasteiger partial charge is 0.409 e. The van der Waals surface area contributed by atoms with E-state index in [-0.39, 0.29) is 37.7 Å². The molecule has 0 aromatic heterocycles. The number of nitrogens with zero attached hydrogens (tertiary/aromatic N) is 2. The largest absolute Gasteiger partial charge is 0.460 e. The third kappa shape index (κ3) is 6.59. The van der Waals surface area contributed by atoms with Crippen molar-refractivity contribution in [1.29, 1.82) is 0 Å². The van der Waals surface area contributed by atoms with Gasteiger partial charge >= 0.3 is 12.2 Å². The molecule has 1 saturated heterocycles. The number of anilines is 1. The molecular formula is C19H29N3O9. The molecule has 1 heterocycles. The Labute approximate surface area is 179 Å². The van der Waals surface area contributed by atoms with Crippen molar-refractivity contribution in [3.05, 3.63) is 23.8 Å². The lowest BCUT2D eigenvalue weighted by molar-refractivity contribution is -0.241. The zero-order valence-corrected chi connectivity index (χ0v) is 17.6. The minimum absolute atomic E-state index is 0.0477. The summed E-state index contributed by atoms with van der Waals surface area (Å²) in [5, 5.41) is 29.1. The van der Waals surface area contributed by atoms with E-state index in [2.05, 4.69) is 4.74 Å². The van der Waals surface area contributed by atoms with Crippen LogP contribution >= 0.6 is 0 Å². The summed E-state index contributed by atoms with van der Waals surface area (Å²) in [7, 11) is 4.37. The predicted octanol–water partition coefficient (Wildman–Crippen LogP) is -0.647. The molecule has 12 nitrogen and oxygen atoms in total. The molecular weight excluding hydrogens is 414 g/mol. The van der Waals surface area contributed by atoms with Crippen molar-refractivity contribution in [1.82, 2.24) is 9.80 Å². The fourth-order valence-electron chi connectivity index (χ4n) is 2.70. The van der Waals surface area contributed by atoms with E-state index in [9.17, 15) is 24.9 Å². The van der Waals surface area contributed by atoms with E-state index in [1.54, 1.807) is 20.2 Å². The molecule has 2 amide bonds. The number of methoxy groups -OCH3 is 1. The van der Waals surface area contributed by atoms with Crippen LogP contribution in [0.15, 0.2) is 18.2 Å². The van der Waals surface area contributed by atoms with Gasteiger partial charge in [0.2, 0.25) is 6.29 Å². The first kappa shape index (κ1) is 24.5. The van der Waals surface area contributed by atoms with Crippen LogP contribution in [-0.2, 0) is 20.8 Å². The number of hydrogen-bond acceptors (Lipinski definition) is 10. The third-order valence-electron chi connectivity index (χ3n) is 4.70. The Hall–Kier alpha value is -2.80. The number of nitrogens with two attached hydrogens (primary N) is 1. The minimum Gasteiger partial charge on any atom is -0.460 e. The maximum atomic E-state index is 12.1. The summed E-state index contributed by atoms with van der Waals surface area (Å²) in [5.41, 5.74) is 6.76. The van der Waals surface area contributed by atoms with Gasteiger partial charge in [-0.3, -0.25) is 0 Å². The molecule has 1 aliphatic rings. The van der Waals surface area contributed by atoms with Gasteiger partial charge in [0.15, 0.2) is 0 Å². The number of hydrogen-bond donors (Lipinski definition) is 4. The minimum atomic E-state index is -1.45. The summed E-state index contributed by atoms with van der Waals surface area (Å²) in [6.45, 7) is 0.287. The zero-order valence-electron chi connectivity index (χ0n) is 17.6. The van der Waals surface area contributed by atoms with Gasteiger partial charge in [-0.25, -0.2) is 9.59 Å². The molecule has 31 heavy (non-hydrogen) atoms. The van der Waals surface area contributed by atoms with Crippen molar-refractivity contribution in [2.45, 2.75) is 31.2 Å². The molecule has 0 spiro atoms. The highest BCUT2D eigenvalue weighted by Crippen LogP contribution is 2.27. The van der Waals surface area contributed by atoms with Crippen LogP contribution in [0.3, 0.4) is 0 Å². The molecule has 0 radical (unpaired) electrons. The lowest BCUT2D eigenvalue weighted by Crippen LogP contribution is -2.54. The maximum absolute atomic E-state index is 12.1. The quantitative estimate of drug-likeness (QED) is 0.398. The summed E-state index contributed by atoms with van der Waals surface area (Å²) >= 11 is 0. The van der Waals surface area contributed by atoms with Crippen molar-refractivity contribution >= 4 is 17.9 Å². The van der Waals surface area contributed by atoms with Gasteiger partial charge in [-0.15, -0.1) is 0 Å². The Kier molecular flexibility index (Phi) is 8.68. The zero-order chi connectivity index (χ0) is 23.1. The molecule has 1 aromatic carbocycles. The summed E-state index contributed by atoms with van der Waals surface area (Å²) in [4.78, 5) is 26.1. The molecule has 12 heteroatoms. The first-order valence-electron chi connectivity index (χ1n) is 9.51. The Balaban J connectivity index is 1.85. The van der Waals surface area contributed by atoms with Gasteiger partial charge < -0.3 is 49.8 Å². The molecule has 0 saturated carbocycles. The Bertz CT molecular complexity index is 763. The first-order chi connectivity index (χ1) is 14.6. The second-order valence-electron chi connectivity index (χ2n) is 7.11. The van der Waals surface area contributed by atoms with Gasteiger partial charge in [0.05, 0.1) is 19.4 Å². The van der Waals surface area contributed by atoms with Crippen molar-refractivity contribution < 1.29 is 43.9 Å². The number of carbonyl (C=O) groups is 2. The summed E-state index contributed by atoms with van der Waals surface area (Å²) < 4.78 is 20.5. The van der Waals surface area contributed by atoms with E-state index >= 15 is 0 Å². The highest BCUT2D eigenvalue weighted by Gasteiger charge is 2.39. The van der Waals surface area contributed by atoms with Crippen LogP contribution in [0.5, 0.6) is 5.75 Å². The first-order valence-corrected chi connectivity index (χ1v) is 9.51. The van der Waals surface area contributed by atoms with Crippen molar-refractivity contribution in [2.24, 2.45) is 0 Å². The highest BCUT2D eigenvalue weighted by molar-refractivity contribution is 5.68. The number of likely N-dealkylation sites (N-methyl/N-ethyl adjacent to an activating group) is 2. The van der Waals surface area contributed by atoms with Crippen molar-refractivity contribution in [3.8, 4) is 5.75 Å². The number of nitrogen functional groups attached to an aromatic ring is 1. The van der Waals surface area contributed by atoms with E-state index < -0.39 is 36.8 Å². The Morgan fingerprint density at radius 1 is 1.13 bits per heavy atom. The second-order valence-corrected chi connectivity index (χ2v) is 7.11. The number of ether oxygens (including phenoxy) is 4. The van der Waals surface area contributed by atoms with E-state index in [4.69, 9.17) is 19.9 Å². The van der Waals surface area contributed by atoms with E-state index in [1.165, 1.54) is 29.0 Å². The van der Waals surface area contributed by atoms with Crippen LogP contribution in [0, 0.1) is 0 Å². The summed E-state index contributed by atoms with van der Waals surface area (Å²) in [6.07, 6.45) is -6.33.